The standard InChI is InChI=1S/C15H17ClN2O5S/c1-24(19,20)22-9-14-8-21-15(23-14,10-18-7-6-17-11-18)12-2-4-13(16)5-3-12/h2-7,11,14H,8-10H2,1H3/t14-,15+/m1/s1. The number of benzene rings is 1. The Morgan fingerprint density at radius 2 is 2.17 bits per heavy atom. The van der Waals surface area contributed by atoms with Crippen LogP contribution in [0.2, 0.25) is 5.02 Å². The Morgan fingerprint density at radius 1 is 1.42 bits per heavy atom. The van der Waals surface area contributed by atoms with E-state index in [2.05, 4.69) is 4.98 Å². The minimum absolute atomic E-state index is 0.0991. The van der Waals surface area contributed by atoms with Crippen molar-refractivity contribution in [3.8, 4) is 0 Å². The summed E-state index contributed by atoms with van der Waals surface area (Å²) in [5.41, 5.74) is 0.780. The van der Waals surface area contributed by atoms with Crippen LogP contribution < -0.4 is 0 Å². The lowest BCUT2D eigenvalue weighted by atomic mass is 10.1. The minimum atomic E-state index is -3.54. The van der Waals surface area contributed by atoms with Gasteiger partial charge in [-0.1, -0.05) is 23.7 Å². The zero-order valence-electron chi connectivity index (χ0n) is 13.0. The van der Waals surface area contributed by atoms with Gasteiger partial charge in [0, 0.05) is 23.0 Å². The van der Waals surface area contributed by atoms with Crippen LogP contribution in [-0.2, 0) is 36.1 Å². The van der Waals surface area contributed by atoms with E-state index in [0.717, 1.165) is 11.8 Å². The van der Waals surface area contributed by atoms with Gasteiger partial charge in [0.25, 0.3) is 10.1 Å². The number of nitrogens with zero attached hydrogens (tertiary/aromatic N) is 2. The second kappa shape index (κ2) is 6.81. The van der Waals surface area contributed by atoms with Crippen LogP contribution in [0.3, 0.4) is 0 Å². The molecule has 2 aromatic rings. The minimum Gasteiger partial charge on any atom is -0.342 e. The molecule has 9 heteroatoms. The summed E-state index contributed by atoms with van der Waals surface area (Å²) in [4.78, 5) is 4.02. The Bertz CT molecular complexity index is 779. The van der Waals surface area contributed by atoms with Gasteiger partial charge in [-0.05, 0) is 12.1 Å². The summed E-state index contributed by atoms with van der Waals surface area (Å²) >= 11 is 5.95. The fraction of sp³-hybridized carbons (Fsp3) is 0.400. The number of halogens is 1. The van der Waals surface area contributed by atoms with Gasteiger partial charge in [-0.2, -0.15) is 8.42 Å². The van der Waals surface area contributed by atoms with Gasteiger partial charge >= 0.3 is 0 Å². The Morgan fingerprint density at radius 3 is 2.79 bits per heavy atom. The molecule has 3 rings (SSSR count). The lowest BCUT2D eigenvalue weighted by Crippen LogP contribution is -2.34. The zero-order chi connectivity index (χ0) is 17.2. The van der Waals surface area contributed by atoms with Crippen LogP contribution in [-0.4, -0.2) is 43.5 Å². The monoisotopic (exact) mass is 372 g/mol. The molecule has 1 aliphatic rings. The van der Waals surface area contributed by atoms with Crippen LogP contribution in [0.1, 0.15) is 5.56 Å². The molecule has 1 fully saturated rings. The molecule has 7 nitrogen and oxygen atoms in total. The van der Waals surface area contributed by atoms with Crippen molar-refractivity contribution in [1.82, 2.24) is 9.55 Å². The van der Waals surface area contributed by atoms with Crippen molar-refractivity contribution in [2.75, 3.05) is 19.5 Å². The highest BCUT2D eigenvalue weighted by Gasteiger charge is 2.44. The van der Waals surface area contributed by atoms with Crippen molar-refractivity contribution in [2.24, 2.45) is 0 Å². The predicted octanol–water partition coefficient (Wildman–Crippen LogP) is 1.78. The van der Waals surface area contributed by atoms with E-state index in [4.69, 9.17) is 25.3 Å². The summed E-state index contributed by atoms with van der Waals surface area (Å²) in [6.45, 7) is 0.481. The van der Waals surface area contributed by atoms with E-state index < -0.39 is 22.0 Å². The van der Waals surface area contributed by atoms with Crippen LogP contribution in [0.4, 0.5) is 0 Å². The molecule has 24 heavy (non-hydrogen) atoms. The van der Waals surface area contributed by atoms with Crippen molar-refractivity contribution < 1.29 is 22.1 Å². The van der Waals surface area contributed by atoms with Crippen LogP contribution >= 0.6 is 11.6 Å². The summed E-state index contributed by atoms with van der Waals surface area (Å²) in [6.07, 6.45) is 5.62. The largest absolute Gasteiger partial charge is 0.342 e. The Labute approximate surface area is 145 Å². The highest BCUT2D eigenvalue weighted by atomic mass is 35.5. The predicted molar refractivity (Wildman–Crippen MR) is 87.0 cm³/mol. The molecule has 0 N–H and O–H groups in total. The first-order valence-electron chi connectivity index (χ1n) is 7.24. The average molecular weight is 373 g/mol. The van der Waals surface area contributed by atoms with Crippen molar-refractivity contribution in [1.29, 1.82) is 0 Å². The van der Waals surface area contributed by atoms with Crippen molar-refractivity contribution >= 4 is 21.7 Å². The molecule has 1 aromatic carbocycles. The Hall–Kier alpha value is -1.45. The molecule has 0 saturated carbocycles. The lowest BCUT2D eigenvalue weighted by Gasteiger charge is -2.29. The summed E-state index contributed by atoms with van der Waals surface area (Å²) in [5, 5.41) is 0.603. The van der Waals surface area contributed by atoms with Gasteiger partial charge in [0.2, 0.25) is 5.79 Å². The van der Waals surface area contributed by atoms with Crippen molar-refractivity contribution in [2.45, 2.75) is 18.4 Å². The third kappa shape index (κ3) is 4.14. The molecule has 2 heterocycles. The van der Waals surface area contributed by atoms with E-state index in [1.54, 1.807) is 30.9 Å². The molecule has 0 radical (unpaired) electrons. The lowest BCUT2D eigenvalue weighted by molar-refractivity contribution is -0.189. The number of rotatable bonds is 6. The molecular formula is C15H17ClN2O5S. The number of hydrogen-bond donors (Lipinski definition) is 0. The van der Waals surface area contributed by atoms with E-state index in [-0.39, 0.29) is 13.2 Å². The third-order valence-corrected chi connectivity index (χ3v) is 4.38. The number of aromatic nitrogens is 2. The fourth-order valence-electron chi connectivity index (χ4n) is 2.50. The maximum absolute atomic E-state index is 11.2. The van der Waals surface area contributed by atoms with E-state index in [0.29, 0.717) is 11.6 Å². The fourth-order valence-corrected chi connectivity index (χ4v) is 3.02. The van der Waals surface area contributed by atoms with Gasteiger partial charge in [0.1, 0.15) is 6.10 Å². The molecule has 0 bridgehead atoms. The molecule has 0 amide bonds. The normalized spacial score (nSPS) is 24.3. The SMILES string of the molecule is CS(=O)(=O)OC[C@H]1CO[C@](Cn2ccnc2)(c2ccc(Cl)cc2)O1. The summed E-state index contributed by atoms with van der Waals surface area (Å²) in [7, 11) is -3.54. The molecule has 2 atom stereocenters. The second-order valence-electron chi connectivity index (χ2n) is 5.53. The molecule has 0 spiro atoms. The average Bonchev–Trinajstić information content (AvgIpc) is 3.16. The van der Waals surface area contributed by atoms with Crippen molar-refractivity contribution in [3.05, 3.63) is 53.6 Å². The maximum atomic E-state index is 11.2. The molecular weight excluding hydrogens is 356 g/mol. The van der Waals surface area contributed by atoms with Crippen molar-refractivity contribution in [3.63, 3.8) is 0 Å². The van der Waals surface area contributed by atoms with Gasteiger partial charge in [-0.3, -0.25) is 4.18 Å². The first-order chi connectivity index (χ1) is 11.4. The van der Waals surface area contributed by atoms with Gasteiger partial charge in [-0.25, -0.2) is 4.98 Å². The van der Waals surface area contributed by atoms with E-state index in [1.165, 1.54) is 0 Å². The number of hydrogen-bond acceptors (Lipinski definition) is 6. The highest BCUT2D eigenvalue weighted by molar-refractivity contribution is 7.85. The smallest absolute Gasteiger partial charge is 0.264 e. The van der Waals surface area contributed by atoms with Crippen LogP contribution in [0.25, 0.3) is 0 Å². The molecule has 130 valence electrons. The van der Waals surface area contributed by atoms with E-state index >= 15 is 0 Å². The second-order valence-corrected chi connectivity index (χ2v) is 7.61. The maximum Gasteiger partial charge on any atom is 0.264 e. The zero-order valence-corrected chi connectivity index (χ0v) is 14.5. The number of ether oxygens (including phenoxy) is 2. The molecule has 0 aliphatic carbocycles. The summed E-state index contributed by atoms with van der Waals surface area (Å²) < 4.78 is 41.0. The summed E-state index contributed by atoms with van der Waals surface area (Å²) in [6, 6.07) is 7.14. The first-order valence-corrected chi connectivity index (χ1v) is 9.44. The molecule has 1 aromatic heterocycles. The Kier molecular flexibility index (Phi) is 4.93. The van der Waals surface area contributed by atoms with Gasteiger partial charge in [0.05, 0.1) is 32.3 Å². The Balaban J connectivity index is 1.82. The van der Waals surface area contributed by atoms with Crippen LogP contribution in [0.5, 0.6) is 0 Å². The van der Waals surface area contributed by atoms with Gasteiger partial charge < -0.3 is 14.0 Å². The molecule has 1 aliphatic heterocycles. The first kappa shape index (κ1) is 17.4. The quantitative estimate of drug-likeness (QED) is 0.719. The third-order valence-electron chi connectivity index (χ3n) is 3.56. The molecule has 0 unspecified atom stereocenters. The van der Waals surface area contributed by atoms with Gasteiger partial charge in [0.15, 0.2) is 0 Å². The van der Waals surface area contributed by atoms with Crippen LogP contribution in [0, 0.1) is 0 Å². The molecule has 1 saturated heterocycles. The van der Waals surface area contributed by atoms with E-state index in [9.17, 15) is 8.42 Å². The van der Waals surface area contributed by atoms with E-state index in [1.807, 2.05) is 16.7 Å². The number of imidazole rings is 1. The van der Waals surface area contributed by atoms with Gasteiger partial charge in [-0.15, -0.1) is 0 Å². The highest BCUT2D eigenvalue weighted by Crippen LogP contribution is 2.36. The topological polar surface area (TPSA) is 79.7 Å². The van der Waals surface area contributed by atoms with Crippen LogP contribution in [0.15, 0.2) is 43.0 Å². The summed E-state index contributed by atoms with van der Waals surface area (Å²) in [5.74, 6) is -1.06.